The summed E-state index contributed by atoms with van der Waals surface area (Å²) in [7, 11) is 4.01. The van der Waals surface area contributed by atoms with Crippen LogP contribution >= 0.6 is 0 Å². The lowest BCUT2D eigenvalue weighted by molar-refractivity contribution is 0.0972. The standard InChI is InChI=1S/C20H31NO/c1-4-5-16-6-8-17(9-7-16)18-10-12-19(13-11-18)20(22)14-15-21(2)3/h10-13,16-17H,4-9,14-15H2,1-3H3/t16-,17-. The maximum atomic E-state index is 12.1. The highest BCUT2D eigenvalue weighted by atomic mass is 16.1. The number of nitrogens with zero attached hydrogens (tertiary/aromatic N) is 1. The average molecular weight is 301 g/mol. The first kappa shape index (κ1) is 17.2. The Balaban J connectivity index is 1.88. The molecule has 1 aromatic rings. The predicted octanol–water partition coefficient (Wildman–Crippen LogP) is 4.89. The van der Waals surface area contributed by atoms with Gasteiger partial charge in [-0.1, -0.05) is 44.0 Å². The Morgan fingerprint density at radius 1 is 1.09 bits per heavy atom. The number of carbonyl (C=O) groups excluding carboxylic acids is 1. The molecule has 1 saturated carbocycles. The van der Waals surface area contributed by atoms with Crippen molar-refractivity contribution in [1.29, 1.82) is 0 Å². The van der Waals surface area contributed by atoms with Gasteiger partial charge in [0.25, 0.3) is 0 Å². The van der Waals surface area contributed by atoms with Gasteiger partial charge in [-0.15, -0.1) is 0 Å². The van der Waals surface area contributed by atoms with Crippen LogP contribution in [0.25, 0.3) is 0 Å². The lowest BCUT2D eigenvalue weighted by atomic mass is 9.77. The topological polar surface area (TPSA) is 20.3 Å². The molecule has 2 heteroatoms. The molecule has 2 nitrogen and oxygen atoms in total. The highest BCUT2D eigenvalue weighted by molar-refractivity contribution is 5.96. The molecule has 0 bridgehead atoms. The highest BCUT2D eigenvalue weighted by Gasteiger charge is 2.21. The van der Waals surface area contributed by atoms with Crippen LogP contribution in [0, 0.1) is 5.92 Å². The van der Waals surface area contributed by atoms with Crippen LogP contribution in [0.2, 0.25) is 0 Å². The van der Waals surface area contributed by atoms with Crippen LogP contribution in [-0.4, -0.2) is 31.3 Å². The molecule has 0 atom stereocenters. The molecule has 0 N–H and O–H groups in total. The van der Waals surface area contributed by atoms with Crippen molar-refractivity contribution < 1.29 is 4.79 Å². The minimum atomic E-state index is 0.256. The molecule has 0 spiro atoms. The number of carbonyl (C=O) groups is 1. The molecule has 0 radical (unpaired) electrons. The molecule has 0 aromatic heterocycles. The van der Waals surface area contributed by atoms with E-state index in [2.05, 4.69) is 24.0 Å². The third kappa shape index (κ3) is 4.95. The number of hydrogen-bond acceptors (Lipinski definition) is 2. The van der Waals surface area contributed by atoms with Gasteiger partial charge in [0, 0.05) is 18.5 Å². The summed E-state index contributed by atoms with van der Waals surface area (Å²) < 4.78 is 0. The molecule has 1 aromatic carbocycles. The molecule has 1 aliphatic carbocycles. The number of rotatable bonds is 7. The lowest BCUT2D eigenvalue weighted by Crippen LogP contribution is -2.17. The van der Waals surface area contributed by atoms with E-state index in [1.54, 1.807) is 0 Å². The summed E-state index contributed by atoms with van der Waals surface area (Å²) >= 11 is 0. The van der Waals surface area contributed by atoms with Crippen molar-refractivity contribution in [3.8, 4) is 0 Å². The zero-order valence-electron chi connectivity index (χ0n) is 14.5. The van der Waals surface area contributed by atoms with Crippen molar-refractivity contribution in [2.45, 2.75) is 57.8 Å². The Labute approximate surface area is 135 Å². The molecular formula is C20H31NO. The van der Waals surface area contributed by atoms with Crippen molar-refractivity contribution in [3.63, 3.8) is 0 Å². The van der Waals surface area contributed by atoms with Crippen LogP contribution in [0.1, 0.15) is 73.7 Å². The number of Topliss-reactive ketones (excluding diaryl/α,β-unsaturated/α-hetero) is 1. The largest absolute Gasteiger partial charge is 0.309 e. The zero-order chi connectivity index (χ0) is 15.9. The van der Waals surface area contributed by atoms with Crippen LogP contribution in [0.15, 0.2) is 24.3 Å². The van der Waals surface area contributed by atoms with Crippen molar-refractivity contribution >= 4 is 5.78 Å². The smallest absolute Gasteiger partial charge is 0.164 e. The summed E-state index contributed by atoms with van der Waals surface area (Å²) in [6, 6.07) is 8.44. The van der Waals surface area contributed by atoms with E-state index in [9.17, 15) is 4.79 Å². The van der Waals surface area contributed by atoms with Gasteiger partial charge in [0.15, 0.2) is 5.78 Å². The Bertz CT molecular complexity index is 455. The van der Waals surface area contributed by atoms with Gasteiger partial charge in [-0.2, -0.15) is 0 Å². The maximum Gasteiger partial charge on any atom is 0.164 e. The summed E-state index contributed by atoms with van der Waals surface area (Å²) in [5.41, 5.74) is 2.30. The molecule has 1 fully saturated rings. The lowest BCUT2D eigenvalue weighted by Gasteiger charge is -2.28. The SMILES string of the molecule is CCC[C@H]1CC[C@H](c2ccc(C(=O)CCN(C)C)cc2)CC1. The molecule has 0 saturated heterocycles. The van der Waals surface area contributed by atoms with E-state index in [4.69, 9.17) is 0 Å². The van der Waals surface area contributed by atoms with E-state index in [0.717, 1.165) is 18.0 Å². The second-order valence-electron chi connectivity index (χ2n) is 7.10. The fourth-order valence-corrected chi connectivity index (χ4v) is 3.60. The van der Waals surface area contributed by atoms with Crippen molar-refractivity contribution in [2.24, 2.45) is 5.92 Å². The van der Waals surface area contributed by atoms with Crippen LogP contribution in [-0.2, 0) is 0 Å². The quantitative estimate of drug-likeness (QED) is 0.668. The molecular weight excluding hydrogens is 270 g/mol. The number of ketones is 1. The Hall–Kier alpha value is -1.15. The van der Waals surface area contributed by atoms with Gasteiger partial charge >= 0.3 is 0 Å². The van der Waals surface area contributed by atoms with Crippen LogP contribution in [0.3, 0.4) is 0 Å². The minimum Gasteiger partial charge on any atom is -0.309 e. The van der Waals surface area contributed by atoms with Crippen molar-refractivity contribution in [1.82, 2.24) is 4.90 Å². The minimum absolute atomic E-state index is 0.256. The van der Waals surface area contributed by atoms with E-state index in [-0.39, 0.29) is 5.78 Å². The Morgan fingerprint density at radius 3 is 2.27 bits per heavy atom. The molecule has 2 rings (SSSR count). The van der Waals surface area contributed by atoms with E-state index in [1.165, 1.54) is 44.1 Å². The first-order valence-corrected chi connectivity index (χ1v) is 8.88. The Morgan fingerprint density at radius 2 is 1.73 bits per heavy atom. The average Bonchev–Trinajstić information content (AvgIpc) is 2.54. The first-order chi connectivity index (χ1) is 10.6. The fraction of sp³-hybridized carbons (Fsp3) is 0.650. The second kappa shape index (κ2) is 8.47. The van der Waals surface area contributed by atoms with E-state index < -0.39 is 0 Å². The maximum absolute atomic E-state index is 12.1. The van der Waals surface area contributed by atoms with Crippen LogP contribution < -0.4 is 0 Å². The molecule has 0 unspecified atom stereocenters. The van der Waals surface area contributed by atoms with E-state index in [0.29, 0.717) is 12.3 Å². The highest BCUT2D eigenvalue weighted by Crippen LogP contribution is 2.37. The summed E-state index contributed by atoms with van der Waals surface area (Å²) in [5.74, 6) is 1.92. The third-order valence-corrected chi connectivity index (χ3v) is 5.03. The fourth-order valence-electron chi connectivity index (χ4n) is 3.60. The van der Waals surface area contributed by atoms with Gasteiger partial charge in [-0.05, 0) is 57.2 Å². The Kier molecular flexibility index (Phi) is 6.63. The second-order valence-corrected chi connectivity index (χ2v) is 7.10. The first-order valence-electron chi connectivity index (χ1n) is 8.88. The van der Waals surface area contributed by atoms with Gasteiger partial charge in [0.1, 0.15) is 0 Å². The predicted molar refractivity (Wildman–Crippen MR) is 93.6 cm³/mol. The van der Waals surface area contributed by atoms with E-state index in [1.807, 2.05) is 26.2 Å². The summed E-state index contributed by atoms with van der Waals surface area (Å²) in [4.78, 5) is 14.2. The number of hydrogen-bond donors (Lipinski definition) is 0. The van der Waals surface area contributed by atoms with Crippen molar-refractivity contribution in [3.05, 3.63) is 35.4 Å². The summed E-state index contributed by atoms with van der Waals surface area (Å²) in [6.07, 6.45) is 8.71. The zero-order valence-corrected chi connectivity index (χ0v) is 14.5. The van der Waals surface area contributed by atoms with Gasteiger partial charge in [-0.25, -0.2) is 0 Å². The van der Waals surface area contributed by atoms with Gasteiger partial charge in [0.2, 0.25) is 0 Å². The van der Waals surface area contributed by atoms with E-state index >= 15 is 0 Å². The molecule has 0 amide bonds. The molecule has 0 heterocycles. The normalized spacial score (nSPS) is 22.0. The van der Waals surface area contributed by atoms with Crippen LogP contribution in [0.4, 0.5) is 0 Å². The third-order valence-electron chi connectivity index (χ3n) is 5.03. The number of benzene rings is 1. The summed E-state index contributed by atoms with van der Waals surface area (Å²) in [6.45, 7) is 3.11. The molecule has 122 valence electrons. The van der Waals surface area contributed by atoms with Crippen LogP contribution in [0.5, 0.6) is 0 Å². The van der Waals surface area contributed by atoms with Crippen molar-refractivity contribution in [2.75, 3.05) is 20.6 Å². The summed E-state index contributed by atoms with van der Waals surface area (Å²) in [5, 5.41) is 0. The van der Waals surface area contributed by atoms with Gasteiger partial charge in [0.05, 0.1) is 0 Å². The molecule has 0 aliphatic heterocycles. The van der Waals surface area contributed by atoms with Gasteiger partial charge in [-0.3, -0.25) is 4.79 Å². The monoisotopic (exact) mass is 301 g/mol. The molecule has 1 aliphatic rings. The molecule has 22 heavy (non-hydrogen) atoms. The van der Waals surface area contributed by atoms with Gasteiger partial charge < -0.3 is 4.90 Å².